The molecule has 58 valence electrons. The van der Waals surface area contributed by atoms with Crippen molar-refractivity contribution in [3.8, 4) is 10.5 Å². The first-order valence-electron chi connectivity index (χ1n) is 1.66. The summed E-state index contributed by atoms with van der Waals surface area (Å²) in [6, 6.07) is 0. The molecule has 0 heterocycles. The predicted octanol–water partition coefficient (Wildman–Crippen LogP) is -8.00. The van der Waals surface area contributed by atoms with Gasteiger partial charge < -0.3 is 9.11 Å². The first-order chi connectivity index (χ1) is 4.21. The second-order valence-electron chi connectivity index (χ2n) is 1.11. The zero-order valence-electron chi connectivity index (χ0n) is 6.27. The molecule has 0 radical (unpaired) electrons. The summed E-state index contributed by atoms with van der Waals surface area (Å²) < 4.78 is 57.3. The summed E-state index contributed by atoms with van der Waals surface area (Å²) in [6.07, 6.45) is 0. The summed E-state index contributed by atoms with van der Waals surface area (Å²) in [5.74, 6) is 0. The van der Waals surface area contributed by atoms with Crippen LogP contribution in [0.1, 0.15) is 0 Å². The first-order valence-corrected chi connectivity index (χ1v) is 4.47. The number of hydrogen-bond acceptors (Lipinski definition) is 6. The van der Waals surface area contributed by atoms with E-state index in [1.165, 1.54) is 0 Å². The average Bonchev–Trinajstić information content (AvgIpc) is 1.57. The fourth-order valence-corrected chi connectivity index (χ4v) is 0.919. The van der Waals surface area contributed by atoms with Gasteiger partial charge in [0.05, 0.1) is 0 Å². The van der Waals surface area contributed by atoms with Crippen LogP contribution in [0.3, 0.4) is 0 Å². The summed E-state index contributed by atoms with van der Waals surface area (Å²) in [6.45, 7) is 0. The van der Waals surface area contributed by atoms with Gasteiger partial charge in [0.15, 0.2) is 20.2 Å². The van der Waals surface area contributed by atoms with Gasteiger partial charge in [-0.1, -0.05) is 0 Å². The monoisotopic (exact) mass is 230 g/mol. The SMILES string of the molecule is O=S(=O)([O-])C#CS(=O)(=O)[O-].[Na+].[Na+]. The molecule has 12 heavy (non-hydrogen) atoms. The van der Waals surface area contributed by atoms with Crippen molar-refractivity contribution in [3.63, 3.8) is 0 Å². The Morgan fingerprint density at radius 3 is 1.00 bits per heavy atom. The minimum Gasteiger partial charge on any atom is -0.738 e. The zero-order chi connectivity index (χ0) is 8.41. The summed E-state index contributed by atoms with van der Waals surface area (Å²) in [5, 5.41) is 1.46. The van der Waals surface area contributed by atoms with Gasteiger partial charge in [0.2, 0.25) is 0 Å². The van der Waals surface area contributed by atoms with Gasteiger partial charge in [-0.15, -0.1) is 0 Å². The van der Waals surface area contributed by atoms with E-state index in [9.17, 15) is 25.9 Å². The van der Waals surface area contributed by atoms with E-state index >= 15 is 0 Å². The first kappa shape index (κ1) is 19.0. The molecule has 0 aromatic rings. The maximum Gasteiger partial charge on any atom is 1.00 e. The molecule has 0 amide bonds. The van der Waals surface area contributed by atoms with E-state index in [0.717, 1.165) is 10.5 Å². The average molecular weight is 230 g/mol. The molecule has 6 nitrogen and oxygen atoms in total. The molecular formula is C2Na2O6S2. The molecule has 0 aliphatic rings. The standard InChI is InChI=1S/C2H2O6S2.2Na/c3-9(4,5)1-2-10(6,7)8;;/h(H,3,4,5)(H,6,7,8);;/q;2*+1/p-2. The summed E-state index contributed by atoms with van der Waals surface area (Å²) in [5.41, 5.74) is 0. The molecule has 0 atom stereocenters. The van der Waals surface area contributed by atoms with Crippen LogP contribution in [-0.2, 0) is 20.2 Å². The summed E-state index contributed by atoms with van der Waals surface area (Å²) in [7, 11) is -9.90. The van der Waals surface area contributed by atoms with Gasteiger partial charge in [-0.05, 0) is 0 Å². The van der Waals surface area contributed by atoms with E-state index in [0.29, 0.717) is 0 Å². The van der Waals surface area contributed by atoms with Gasteiger partial charge in [-0.2, -0.15) is 0 Å². The molecule has 0 saturated heterocycles. The van der Waals surface area contributed by atoms with Crippen molar-refractivity contribution in [1.29, 1.82) is 0 Å². The molecule has 0 N–H and O–H groups in total. The fraction of sp³-hybridized carbons (Fsp3) is 0. The summed E-state index contributed by atoms with van der Waals surface area (Å²) >= 11 is 0. The van der Waals surface area contributed by atoms with E-state index in [-0.39, 0.29) is 59.1 Å². The maximum atomic E-state index is 9.55. The Kier molecular flexibility index (Phi) is 10.8. The molecule has 0 aromatic carbocycles. The second-order valence-corrected chi connectivity index (χ2v) is 3.34. The molecule has 0 aliphatic carbocycles. The van der Waals surface area contributed by atoms with E-state index in [1.807, 2.05) is 0 Å². The second kappa shape index (κ2) is 6.78. The third kappa shape index (κ3) is 17.5. The van der Waals surface area contributed by atoms with Crippen LogP contribution in [0.25, 0.3) is 0 Å². The van der Waals surface area contributed by atoms with Gasteiger partial charge in [0.25, 0.3) is 0 Å². The van der Waals surface area contributed by atoms with E-state index in [1.54, 1.807) is 0 Å². The smallest absolute Gasteiger partial charge is 0.738 e. The minimum atomic E-state index is -4.95. The molecule has 0 unspecified atom stereocenters. The topological polar surface area (TPSA) is 114 Å². The van der Waals surface area contributed by atoms with Crippen molar-refractivity contribution in [2.24, 2.45) is 0 Å². The molecule has 0 saturated carbocycles. The van der Waals surface area contributed by atoms with Gasteiger partial charge in [0.1, 0.15) is 0 Å². The van der Waals surface area contributed by atoms with Gasteiger partial charge in [-0.25, -0.2) is 16.8 Å². The van der Waals surface area contributed by atoms with Gasteiger partial charge in [-0.3, -0.25) is 0 Å². The fourth-order valence-electron chi connectivity index (χ4n) is 0.102. The number of hydrogen-bond donors (Lipinski definition) is 0. The Labute approximate surface area is 114 Å². The van der Waals surface area contributed by atoms with E-state index in [2.05, 4.69) is 0 Å². The molecule has 0 spiro atoms. The van der Waals surface area contributed by atoms with E-state index < -0.39 is 20.2 Å². The van der Waals surface area contributed by atoms with Crippen LogP contribution in [0.15, 0.2) is 0 Å². The van der Waals surface area contributed by atoms with Crippen LogP contribution in [0, 0.1) is 10.5 Å². The van der Waals surface area contributed by atoms with Crippen LogP contribution < -0.4 is 59.1 Å². The van der Waals surface area contributed by atoms with Crippen LogP contribution >= 0.6 is 0 Å². The predicted molar refractivity (Wildman–Crippen MR) is 27.2 cm³/mol. The van der Waals surface area contributed by atoms with Gasteiger partial charge >= 0.3 is 59.1 Å². The van der Waals surface area contributed by atoms with Crippen LogP contribution in [0.4, 0.5) is 0 Å². The molecular weight excluding hydrogens is 230 g/mol. The van der Waals surface area contributed by atoms with Crippen molar-refractivity contribution in [2.45, 2.75) is 0 Å². The van der Waals surface area contributed by atoms with Crippen molar-refractivity contribution in [3.05, 3.63) is 0 Å². The van der Waals surface area contributed by atoms with Gasteiger partial charge in [0, 0.05) is 10.5 Å². The zero-order valence-corrected chi connectivity index (χ0v) is 11.9. The third-order valence-corrected chi connectivity index (χ3v) is 1.12. The molecule has 0 aromatic heterocycles. The van der Waals surface area contributed by atoms with E-state index in [4.69, 9.17) is 0 Å². The molecule has 0 bridgehead atoms. The Morgan fingerprint density at radius 1 is 0.750 bits per heavy atom. The molecule has 0 fully saturated rings. The normalized spacial score (nSPS) is 9.83. The van der Waals surface area contributed by atoms with Crippen LogP contribution in [0.5, 0.6) is 0 Å². The van der Waals surface area contributed by atoms with Crippen molar-refractivity contribution in [1.82, 2.24) is 0 Å². The quantitative estimate of drug-likeness (QED) is 0.232. The molecule has 0 rings (SSSR count). The largest absolute Gasteiger partial charge is 1.00 e. The van der Waals surface area contributed by atoms with Crippen molar-refractivity contribution >= 4 is 20.2 Å². The third-order valence-electron chi connectivity index (χ3n) is 0.292. The Bertz CT molecular complexity index is 332. The minimum absolute atomic E-state index is 0. The van der Waals surface area contributed by atoms with Crippen molar-refractivity contribution in [2.75, 3.05) is 0 Å². The Balaban J connectivity index is -0.000000405. The number of rotatable bonds is 0. The Hall–Kier alpha value is 1.38. The molecule has 10 heteroatoms. The van der Waals surface area contributed by atoms with Crippen LogP contribution in [-0.4, -0.2) is 25.9 Å². The maximum absolute atomic E-state index is 9.55. The van der Waals surface area contributed by atoms with Crippen LogP contribution in [0.2, 0.25) is 0 Å². The summed E-state index contributed by atoms with van der Waals surface area (Å²) in [4.78, 5) is 0. The van der Waals surface area contributed by atoms with Crippen molar-refractivity contribution < 1.29 is 85.1 Å². The molecule has 0 aliphatic heterocycles. The Morgan fingerprint density at radius 2 is 0.917 bits per heavy atom.